The van der Waals surface area contributed by atoms with Gasteiger partial charge in [-0.15, -0.1) is 0 Å². The van der Waals surface area contributed by atoms with Crippen molar-refractivity contribution in [2.75, 3.05) is 6.54 Å². The largest absolute Gasteiger partial charge is 0.479 e. The topological polar surface area (TPSA) is 86.6 Å². The molecule has 0 aromatic heterocycles. The van der Waals surface area contributed by atoms with Crippen LogP contribution in [0, 0.1) is 12.7 Å². The average Bonchev–Trinajstić information content (AvgIpc) is 2.29. The highest BCUT2D eigenvalue weighted by atomic mass is 19.1. The number of hydrogen-bond donors (Lipinski definition) is 3. The van der Waals surface area contributed by atoms with Crippen molar-refractivity contribution in [3.05, 3.63) is 35.1 Å². The van der Waals surface area contributed by atoms with Crippen molar-refractivity contribution >= 4 is 11.9 Å². The van der Waals surface area contributed by atoms with E-state index in [-0.39, 0.29) is 5.56 Å². The Morgan fingerprint density at radius 1 is 1.44 bits per heavy atom. The van der Waals surface area contributed by atoms with Crippen LogP contribution in [0.4, 0.5) is 4.39 Å². The van der Waals surface area contributed by atoms with Crippen molar-refractivity contribution in [2.24, 2.45) is 0 Å². The van der Waals surface area contributed by atoms with Crippen LogP contribution in [0.1, 0.15) is 22.8 Å². The molecule has 0 aliphatic carbocycles. The van der Waals surface area contributed by atoms with Crippen molar-refractivity contribution < 1.29 is 24.2 Å². The number of nitrogens with one attached hydrogen (secondary N) is 1. The fourth-order valence-corrected chi connectivity index (χ4v) is 1.22. The van der Waals surface area contributed by atoms with Gasteiger partial charge in [0.25, 0.3) is 5.91 Å². The van der Waals surface area contributed by atoms with Crippen LogP contribution < -0.4 is 5.32 Å². The molecular formula is C12H14FNO4. The number of carboxylic acid groups (broad SMARTS) is 1. The molecule has 0 bridgehead atoms. The first-order chi connectivity index (χ1) is 8.24. The number of amides is 1. The van der Waals surface area contributed by atoms with E-state index in [2.05, 4.69) is 5.32 Å². The molecule has 1 atom stereocenters. The number of aliphatic hydroxyl groups is 1. The predicted molar refractivity (Wildman–Crippen MR) is 61.7 cm³/mol. The van der Waals surface area contributed by atoms with Crippen molar-refractivity contribution in [1.29, 1.82) is 0 Å². The van der Waals surface area contributed by atoms with Gasteiger partial charge in [0.2, 0.25) is 0 Å². The zero-order chi connectivity index (χ0) is 13.9. The number of carbonyl (C=O) groups excluding carboxylic acids is 1. The molecule has 6 heteroatoms. The molecule has 0 heterocycles. The van der Waals surface area contributed by atoms with Gasteiger partial charge in [0, 0.05) is 5.56 Å². The Bertz CT molecular complexity index is 485. The third-order valence-electron chi connectivity index (χ3n) is 2.47. The Morgan fingerprint density at radius 2 is 2.06 bits per heavy atom. The summed E-state index contributed by atoms with van der Waals surface area (Å²) >= 11 is 0. The summed E-state index contributed by atoms with van der Waals surface area (Å²) in [4.78, 5) is 22.3. The molecule has 0 aliphatic heterocycles. The van der Waals surface area contributed by atoms with E-state index >= 15 is 0 Å². The number of halogens is 1. The molecule has 0 aliphatic rings. The highest BCUT2D eigenvalue weighted by molar-refractivity contribution is 5.94. The standard InChI is InChI=1S/C12H14FNO4/c1-7-5-8(3-4-9(7)13)10(15)14-6-12(2,18)11(16)17/h3-5,18H,6H2,1-2H3,(H,14,15)(H,16,17). The van der Waals surface area contributed by atoms with Gasteiger partial charge in [0.1, 0.15) is 5.82 Å². The van der Waals surface area contributed by atoms with Gasteiger partial charge in [-0.05, 0) is 37.6 Å². The van der Waals surface area contributed by atoms with Crippen LogP contribution in [0.5, 0.6) is 0 Å². The van der Waals surface area contributed by atoms with Crippen LogP contribution in [-0.2, 0) is 4.79 Å². The first kappa shape index (κ1) is 14.1. The van der Waals surface area contributed by atoms with Crippen LogP contribution in [-0.4, -0.2) is 34.2 Å². The van der Waals surface area contributed by atoms with Gasteiger partial charge >= 0.3 is 5.97 Å². The minimum Gasteiger partial charge on any atom is -0.479 e. The number of carbonyl (C=O) groups is 2. The molecule has 3 N–H and O–H groups in total. The van der Waals surface area contributed by atoms with Crippen molar-refractivity contribution in [2.45, 2.75) is 19.4 Å². The van der Waals surface area contributed by atoms with Crippen LogP contribution in [0.15, 0.2) is 18.2 Å². The second kappa shape index (κ2) is 5.14. The van der Waals surface area contributed by atoms with E-state index in [0.29, 0.717) is 5.56 Å². The molecule has 98 valence electrons. The summed E-state index contributed by atoms with van der Waals surface area (Å²) in [7, 11) is 0. The Hall–Kier alpha value is -1.95. The number of rotatable bonds is 4. The lowest BCUT2D eigenvalue weighted by Gasteiger charge is -2.18. The van der Waals surface area contributed by atoms with Gasteiger partial charge in [0.15, 0.2) is 5.60 Å². The van der Waals surface area contributed by atoms with E-state index in [1.165, 1.54) is 19.1 Å². The summed E-state index contributed by atoms with van der Waals surface area (Å²) < 4.78 is 13.0. The molecule has 0 fully saturated rings. The highest BCUT2D eigenvalue weighted by Crippen LogP contribution is 2.09. The van der Waals surface area contributed by atoms with Crippen molar-refractivity contribution in [3.63, 3.8) is 0 Å². The number of benzene rings is 1. The Labute approximate surface area is 103 Å². The van der Waals surface area contributed by atoms with Gasteiger partial charge in [-0.2, -0.15) is 0 Å². The maximum absolute atomic E-state index is 13.0. The molecule has 0 radical (unpaired) electrons. The Balaban J connectivity index is 2.72. The van der Waals surface area contributed by atoms with E-state index in [9.17, 15) is 19.1 Å². The number of aryl methyl sites for hydroxylation is 1. The van der Waals surface area contributed by atoms with E-state index in [1.807, 2.05) is 0 Å². The van der Waals surface area contributed by atoms with Crippen LogP contribution in [0.3, 0.4) is 0 Å². The fourth-order valence-electron chi connectivity index (χ4n) is 1.22. The highest BCUT2D eigenvalue weighted by Gasteiger charge is 2.30. The smallest absolute Gasteiger partial charge is 0.337 e. The molecule has 18 heavy (non-hydrogen) atoms. The summed E-state index contributed by atoms with van der Waals surface area (Å²) in [6, 6.07) is 3.78. The normalized spacial score (nSPS) is 13.8. The summed E-state index contributed by atoms with van der Waals surface area (Å²) in [5.41, 5.74) is -1.52. The van der Waals surface area contributed by atoms with Gasteiger partial charge in [-0.25, -0.2) is 9.18 Å². The maximum atomic E-state index is 13.0. The third kappa shape index (κ3) is 3.27. The van der Waals surface area contributed by atoms with Crippen LogP contribution in [0.2, 0.25) is 0 Å². The van der Waals surface area contributed by atoms with E-state index in [0.717, 1.165) is 13.0 Å². The summed E-state index contributed by atoms with van der Waals surface area (Å²) in [5, 5.41) is 20.3. The molecule has 0 spiro atoms. The SMILES string of the molecule is Cc1cc(C(=O)NCC(C)(O)C(=O)O)ccc1F. The third-order valence-corrected chi connectivity index (χ3v) is 2.47. The fraction of sp³-hybridized carbons (Fsp3) is 0.333. The zero-order valence-electron chi connectivity index (χ0n) is 10.0. The minimum absolute atomic E-state index is 0.204. The molecule has 1 aromatic rings. The number of carboxylic acids is 1. The molecule has 1 amide bonds. The molecule has 0 saturated heterocycles. The summed E-state index contributed by atoms with van der Waals surface area (Å²) in [6.07, 6.45) is 0. The van der Waals surface area contributed by atoms with Crippen LogP contribution >= 0.6 is 0 Å². The van der Waals surface area contributed by atoms with Gasteiger partial charge in [-0.3, -0.25) is 4.79 Å². The Kier molecular flexibility index (Phi) is 4.03. The van der Waals surface area contributed by atoms with Gasteiger partial charge in [-0.1, -0.05) is 0 Å². The number of aliphatic carboxylic acids is 1. The average molecular weight is 255 g/mol. The quantitative estimate of drug-likeness (QED) is 0.739. The number of hydrogen-bond acceptors (Lipinski definition) is 3. The lowest BCUT2D eigenvalue weighted by molar-refractivity contribution is -0.155. The molecule has 5 nitrogen and oxygen atoms in total. The van der Waals surface area contributed by atoms with E-state index in [1.54, 1.807) is 0 Å². The van der Waals surface area contributed by atoms with Gasteiger partial charge < -0.3 is 15.5 Å². The minimum atomic E-state index is -2.04. The Morgan fingerprint density at radius 3 is 2.56 bits per heavy atom. The monoisotopic (exact) mass is 255 g/mol. The predicted octanol–water partition coefficient (Wildman–Crippen LogP) is 0.700. The lowest BCUT2D eigenvalue weighted by Crippen LogP contribution is -2.46. The zero-order valence-corrected chi connectivity index (χ0v) is 10.0. The molecule has 0 saturated carbocycles. The van der Waals surface area contributed by atoms with E-state index < -0.39 is 29.8 Å². The second-order valence-electron chi connectivity index (χ2n) is 4.23. The molecular weight excluding hydrogens is 241 g/mol. The first-order valence-electron chi connectivity index (χ1n) is 5.24. The maximum Gasteiger partial charge on any atom is 0.337 e. The summed E-state index contributed by atoms with van der Waals surface area (Å²) in [6.45, 7) is 2.16. The first-order valence-corrected chi connectivity index (χ1v) is 5.24. The van der Waals surface area contributed by atoms with Crippen LogP contribution in [0.25, 0.3) is 0 Å². The molecule has 1 rings (SSSR count). The summed E-state index contributed by atoms with van der Waals surface area (Å²) in [5.74, 6) is -2.43. The van der Waals surface area contributed by atoms with E-state index in [4.69, 9.17) is 5.11 Å². The van der Waals surface area contributed by atoms with Crippen molar-refractivity contribution in [1.82, 2.24) is 5.32 Å². The molecule has 1 unspecified atom stereocenters. The second-order valence-corrected chi connectivity index (χ2v) is 4.23. The van der Waals surface area contributed by atoms with Gasteiger partial charge in [0.05, 0.1) is 6.54 Å². The van der Waals surface area contributed by atoms with Crippen molar-refractivity contribution in [3.8, 4) is 0 Å². The lowest BCUT2D eigenvalue weighted by atomic mass is 10.1. The molecule has 1 aromatic carbocycles.